The number of ketones is 1. The third kappa shape index (κ3) is 2.41. The molecule has 2 aromatic carbocycles. The van der Waals surface area contributed by atoms with Gasteiger partial charge in [0.05, 0.1) is 12.5 Å². The maximum absolute atomic E-state index is 12.0. The highest BCUT2D eigenvalue weighted by atomic mass is 16.3. The van der Waals surface area contributed by atoms with Gasteiger partial charge in [0, 0.05) is 21.9 Å². The fraction of sp³-hybridized carbons (Fsp3) is 0. The summed E-state index contributed by atoms with van der Waals surface area (Å²) in [4.78, 5) is 12.0. The van der Waals surface area contributed by atoms with Gasteiger partial charge >= 0.3 is 0 Å². The van der Waals surface area contributed by atoms with Gasteiger partial charge in [0.25, 0.3) is 0 Å². The van der Waals surface area contributed by atoms with Gasteiger partial charge in [-0.2, -0.15) is 0 Å². The van der Waals surface area contributed by atoms with Gasteiger partial charge in [0.2, 0.25) is 5.78 Å². The number of carbonyl (C=O) groups is 1. The average Bonchev–Trinajstić information content (AvgIpc) is 2.93. The molecule has 3 aromatic rings. The number of benzene rings is 2. The van der Waals surface area contributed by atoms with Crippen LogP contribution in [0.2, 0.25) is 0 Å². The van der Waals surface area contributed by atoms with Gasteiger partial charge in [-0.05, 0) is 30.2 Å². The predicted molar refractivity (Wildman–Crippen MR) is 73.9 cm³/mol. The molecule has 0 aliphatic carbocycles. The Morgan fingerprint density at radius 3 is 2.58 bits per heavy atom. The van der Waals surface area contributed by atoms with Crippen molar-refractivity contribution in [2.45, 2.75) is 0 Å². The maximum atomic E-state index is 12.0. The van der Waals surface area contributed by atoms with E-state index in [-0.39, 0.29) is 5.78 Å². The van der Waals surface area contributed by atoms with Gasteiger partial charge in [-0.3, -0.25) is 4.79 Å². The van der Waals surface area contributed by atoms with E-state index in [9.17, 15) is 4.79 Å². The number of fused-ring (bicyclic) bond motifs is 1. The Balaban J connectivity index is 1.90. The third-order valence-electron chi connectivity index (χ3n) is 2.83. The molecule has 0 aliphatic rings. The van der Waals surface area contributed by atoms with E-state index in [0.717, 1.165) is 16.3 Å². The Labute approximate surface area is 110 Å². The van der Waals surface area contributed by atoms with Gasteiger partial charge in [-0.25, -0.2) is 0 Å². The molecular weight excluding hydrogens is 236 g/mol. The largest absolute Gasteiger partial charge is 0.471 e. The lowest BCUT2D eigenvalue weighted by Gasteiger charge is -1.93. The van der Waals surface area contributed by atoms with Crippen LogP contribution in [-0.4, -0.2) is 5.78 Å². The lowest BCUT2D eigenvalue weighted by molar-refractivity contribution is 0.105. The van der Waals surface area contributed by atoms with Crippen molar-refractivity contribution in [3.05, 3.63) is 72.2 Å². The molecule has 0 aliphatic heterocycles. The minimum atomic E-state index is -0.188. The Bertz CT molecular complexity index is 786. The first-order chi connectivity index (χ1) is 9.33. The number of Topliss-reactive ketones (excluding diaryl/α,β-unsaturated/α-hetero) is 1. The highest BCUT2D eigenvalue weighted by Crippen LogP contribution is 2.17. The zero-order chi connectivity index (χ0) is 13.1. The summed E-state index contributed by atoms with van der Waals surface area (Å²) < 4.78 is 5.08. The number of hydrogen-bond donors (Lipinski definition) is 0. The SMILES string of the molecule is O=C(C#Cc1ccccc1)c1ccc2cocc2c1. The van der Waals surface area contributed by atoms with Crippen molar-refractivity contribution in [1.82, 2.24) is 0 Å². The minimum Gasteiger partial charge on any atom is -0.471 e. The molecule has 3 rings (SSSR count). The molecule has 0 bridgehead atoms. The second-order valence-corrected chi connectivity index (χ2v) is 4.16. The normalized spacial score (nSPS) is 9.89. The van der Waals surface area contributed by atoms with E-state index >= 15 is 0 Å². The van der Waals surface area contributed by atoms with E-state index in [1.807, 2.05) is 36.4 Å². The molecule has 0 saturated carbocycles. The number of furan rings is 1. The first kappa shape index (κ1) is 11.3. The summed E-state index contributed by atoms with van der Waals surface area (Å²) in [6.07, 6.45) is 3.27. The molecular formula is C17H10O2. The second kappa shape index (κ2) is 4.83. The van der Waals surface area contributed by atoms with Crippen LogP contribution in [0.3, 0.4) is 0 Å². The fourth-order valence-corrected chi connectivity index (χ4v) is 1.83. The van der Waals surface area contributed by atoms with Crippen molar-refractivity contribution < 1.29 is 9.21 Å². The van der Waals surface area contributed by atoms with Crippen LogP contribution >= 0.6 is 0 Å². The molecule has 0 atom stereocenters. The molecule has 2 heteroatoms. The molecule has 1 heterocycles. The minimum absolute atomic E-state index is 0.188. The number of rotatable bonds is 1. The molecule has 0 radical (unpaired) electrons. The summed E-state index contributed by atoms with van der Waals surface area (Å²) in [6.45, 7) is 0. The van der Waals surface area contributed by atoms with Gasteiger partial charge in [-0.1, -0.05) is 30.2 Å². The van der Waals surface area contributed by atoms with E-state index in [0.29, 0.717) is 5.56 Å². The van der Waals surface area contributed by atoms with E-state index in [4.69, 9.17) is 4.42 Å². The zero-order valence-electron chi connectivity index (χ0n) is 10.1. The Kier molecular flexibility index (Phi) is 2.88. The molecule has 0 fully saturated rings. The molecule has 90 valence electrons. The molecule has 2 nitrogen and oxygen atoms in total. The number of carbonyl (C=O) groups excluding carboxylic acids is 1. The molecule has 0 unspecified atom stereocenters. The van der Waals surface area contributed by atoms with Crippen molar-refractivity contribution in [3.8, 4) is 11.8 Å². The molecule has 19 heavy (non-hydrogen) atoms. The van der Waals surface area contributed by atoms with Crippen molar-refractivity contribution in [2.24, 2.45) is 0 Å². The Morgan fingerprint density at radius 1 is 0.947 bits per heavy atom. The van der Waals surface area contributed by atoms with Crippen LogP contribution < -0.4 is 0 Å². The van der Waals surface area contributed by atoms with Crippen molar-refractivity contribution >= 4 is 16.6 Å². The molecule has 0 N–H and O–H groups in total. The molecule has 1 aromatic heterocycles. The predicted octanol–water partition coefficient (Wildman–Crippen LogP) is 3.67. The highest BCUT2D eigenvalue weighted by Gasteiger charge is 2.04. The van der Waals surface area contributed by atoms with Gasteiger partial charge in [-0.15, -0.1) is 0 Å². The van der Waals surface area contributed by atoms with Crippen LogP contribution in [0.5, 0.6) is 0 Å². The van der Waals surface area contributed by atoms with Crippen molar-refractivity contribution in [2.75, 3.05) is 0 Å². The van der Waals surface area contributed by atoms with Gasteiger partial charge in [0.1, 0.15) is 0 Å². The van der Waals surface area contributed by atoms with Crippen LogP contribution in [0.4, 0.5) is 0 Å². The first-order valence-electron chi connectivity index (χ1n) is 5.90. The number of hydrogen-bond acceptors (Lipinski definition) is 2. The van der Waals surface area contributed by atoms with Crippen LogP contribution in [0, 0.1) is 11.8 Å². The maximum Gasteiger partial charge on any atom is 0.236 e. The molecule has 0 saturated heterocycles. The summed E-state index contributed by atoms with van der Waals surface area (Å²) in [6, 6.07) is 14.9. The standard InChI is InChI=1S/C17H10O2/c18-17(9-6-13-4-2-1-3-5-13)14-7-8-15-11-19-12-16(15)10-14/h1-5,7-8,10-12H. The van der Waals surface area contributed by atoms with E-state index in [1.165, 1.54) is 0 Å². The summed E-state index contributed by atoms with van der Waals surface area (Å²) in [5, 5.41) is 1.89. The Morgan fingerprint density at radius 2 is 1.74 bits per heavy atom. The lowest BCUT2D eigenvalue weighted by Crippen LogP contribution is -1.94. The summed E-state index contributed by atoms with van der Waals surface area (Å²) in [5.74, 6) is 5.33. The van der Waals surface area contributed by atoms with Crippen LogP contribution in [-0.2, 0) is 0 Å². The molecule has 0 amide bonds. The van der Waals surface area contributed by atoms with Crippen LogP contribution in [0.1, 0.15) is 15.9 Å². The zero-order valence-corrected chi connectivity index (χ0v) is 10.1. The van der Waals surface area contributed by atoms with Crippen LogP contribution in [0.25, 0.3) is 10.8 Å². The van der Waals surface area contributed by atoms with Gasteiger partial charge in [0.15, 0.2) is 0 Å². The van der Waals surface area contributed by atoms with E-state index < -0.39 is 0 Å². The fourth-order valence-electron chi connectivity index (χ4n) is 1.83. The lowest BCUT2D eigenvalue weighted by atomic mass is 10.1. The summed E-state index contributed by atoms with van der Waals surface area (Å²) in [7, 11) is 0. The smallest absolute Gasteiger partial charge is 0.236 e. The first-order valence-corrected chi connectivity index (χ1v) is 5.90. The average molecular weight is 246 g/mol. The highest BCUT2D eigenvalue weighted by molar-refractivity contribution is 6.10. The summed E-state index contributed by atoms with van der Waals surface area (Å²) in [5.41, 5.74) is 1.41. The van der Waals surface area contributed by atoms with Crippen molar-refractivity contribution in [1.29, 1.82) is 0 Å². The van der Waals surface area contributed by atoms with E-state index in [1.54, 1.807) is 24.7 Å². The second-order valence-electron chi connectivity index (χ2n) is 4.16. The van der Waals surface area contributed by atoms with Crippen molar-refractivity contribution in [3.63, 3.8) is 0 Å². The van der Waals surface area contributed by atoms with Crippen LogP contribution in [0.15, 0.2) is 65.5 Å². The van der Waals surface area contributed by atoms with Gasteiger partial charge < -0.3 is 4.42 Å². The third-order valence-corrected chi connectivity index (χ3v) is 2.83. The topological polar surface area (TPSA) is 30.2 Å². The van der Waals surface area contributed by atoms with E-state index in [2.05, 4.69) is 11.8 Å². The molecule has 0 spiro atoms. The monoisotopic (exact) mass is 246 g/mol. The summed E-state index contributed by atoms with van der Waals surface area (Å²) >= 11 is 0. The quantitative estimate of drug-likeness (QED) is 0.484. The Hall–Kier alpha value is -2.79.